The van der Waals surface area contributed by atoms with Gasteiger partial charge in [-0.3, -0.25) is 4.57 Å². The fraction of sp³-hybridized carbons (Fsp3) is 0.0714. The van der Waals surface area contributed by atoms with E-state index in [0.29, 0.717) is 0 Å². The zero-order valence-corrected chi connectivity index (χ0v) is 11.7. The van der Waals surface area contributed by atoms with Gasteiger partial charge in [-0.25, -0.2) is 4.79 Å². The molecule has 0 amide bonds. The van der Waals surface area contributed by atoms with Crippen LogP contribution >= 0.6 is 22.6 Å². The average Bonchev–Trinajstić information content (AvgIpc) is 2.75. The molecule has 3 nitrogen and oxygen atoms in total. The number of nitrogens with one attached hydrogen (secondary N) is 1. The number of halogens is 1. The summed E-state index contributed by atoms with van der Waals surface area (Å²) in [5, 5.41) is 0. The van der Waals surface area contributed by atoms with Gasteiger partial charge in [0.15, 0.2) is 0 Å². The summed E-state index contributed by atoms with van der Waals surface area (Å²) in [4.78, 5) is 14.9. The highest BCUT2D eigenvalue weighted by Gasteiger charge is 2.15. The van der Waals surface area contributed by atoms with Gasteiger partial charge in [0.05, 0.1) is 11.0 Å². The Balaban J connectivity index is 2.20. The summed E-state index contributed by atoms with van der Waals surface area (Å²) in [7, 11) is 0. The Kier molecular flexibility index (Phi) is 2.95. The highest BCUT2D eigenvalue weighted by molar-refractivity contribution is 14.1. The van der Waals surface area contributed by atoms with Crippen molar-refractivity contribution in [3.63, 3.8) is 0 Å². The summed E-state index contributed by atoms with van der Waals surface area (Å²) in [5.74, 6) is 0. The third-order valence-electron chi connectivity index (χ3n) is 2.93. The van der Waals surface area contributed by atoms with E-state index in [4.69, 9.17) is 0 Å². The zero-order valence-electron chi connectivity index (χ0n) is 9.51. The van der Waals surface area contributed by atoms with Crippen LogP contribution in [-0.4, -0.2) is 9.55 Å². The Bertz CT molecular complexity index is 730. The third-order valence-corrected chi connectivity index (χ3v) is 4.20. The molecular weight excluding hydrogens is 339 g/mol. The minimum atomic E-state index is -0.0700. The van der Waals surface area contributed by atoms with Crippen molar-refractivity contribution in [2.24, 2.45) is 0 Å². The summed E-state index contributed by atoms with van der Waals surface area (Å²) >= 11 is 2.29. The quantitative estimate of drug-likeness (QED) is 0.559. The Hall–Kier alpha value is -1.56. The second kappa shape index (κ2) is 4.61. The van der Waals surface area contributed by atoms with Gasteiger partial charge in [-0.2, -0.15) is 0 Å². The van der Waals surface area contributed by atoms with Gasteiger partial charge in [-0.15, -0.1) is 0 Å². The van der Waals surface area contributed by atoms with E-state index in [0.717, 1.165) is 16.6 Å². The first kappa shape index (κ1) is 11.5. The number of benzene rings is 2. The van der Waals surface area contributed by atoms with Crippen molar-refractivity contribution in [3.05, 3.63) is 70.6 Å². The highest BCUT2D eigenvalue weighted by Crippen LogP contribution is 2.26. The monoisotopic (exact) mass is 350 g/mol. The molecule has 1 aromatic heterocycles. The molecule has 1 unspecified atom stereocenters. The molecule has 0 fully saturated rings. The maximum atomic E-state index is 12.1. The van der Waals surface area contributed by atoms with Crippen LogP contribution < -0.4 is 5.69 Å². The number of hydrogen-bond acceptors (Lipinski definition) is 1. The Labute approximate surface area is 118 Å². The number of nitrogens with zero attached hydrogens (tertiary/aromatic N) is 1. The van der Waals surface area contributed by atoms with Gasteiger partial charge < -0.3 is 4.98 Å². The van der Waals surface area contributed by atoms with Crippen LogP contribution in [0.25, 0.3) is 11.0 Å². The fourth-order valence-electron chi connectivity index (χ4n) is 2.06. The number of aromatic amines is 1. The molecule has 90 valence electrons. The van der Waals surface area contributed by atoms with Crippen molar-refractivity contribution in [1.82, 2.24) is 9.55 Å². The summed E-state index contributed by atoms with van der Waals surface area (Å²) in [6.07, 6.45) is 0. The molecule has 0 aliphatic rings. The Morgan fingerprint density at radius 3 is 2.44 bits per heavy atom. The SMILES string of the molecule is O=c1[nH]c2ccccc2n1C(I)c1ccccc1. The van der Waals surface area contributed by atoms with E-state index in [1.807, 2.05) is 54.6 Å². The predicted octanol–water partition coefficient (Wildman–Crippen LogP) is 3.31. The van der Waals surface area contributed by atoms with Crippen LogP contribution in [0.15, 0.2) is 59.4 Å². The van der Waals surface area contributed by atoms with E-state index in [-0.39, 0.29) is 9.74 Å². The topological polar surface area (TPSA) is 37.8 Å². The summed E-state index contributed by atoms with van der Waals surface area (Å²) in [6, 6.07) is 17.8. The van der Waals surface area contributed by atoms with Crippen LogP contribution in [-0.2, 0) is 0 Å². The number of fused-ring (bicyclic) bond motifs is 1. The van der Waals surface area contributed by atoms with Gasteiger partial charge in [-0.1, -0.05) is 65.1 Å². The van der Waals surface area contributed by atoms with Crippen LogP contribution in [0, 0.1) is 0 Å². The van der Waals surface area contributed by atoms with Gasteiger partial charge >= 0.3 is 5.69 Å². The molecule has 0 saturated heterocycles. The lowest BCUT2D eigenvalue weighted by atomic mass is 10.2. The molecule has 0 bridgehead atoms. The maximum absolute atomic E-state index is 12.1. The fourth-order valence-corrected chi connectivity index (χ4v) is 3.03. The van der Waals surface area contributed by atoms with Gasteiger partial charge in [-0.05, 0) is 17.7 Å². The number of hydrogen-bond donors (Lipinski definition) is 1. The third kappa shape index (κ3) is 1.86. The van der Waals surface area contributed by atoms with Crippen molar-refractivity contribution in [3.8, 4) is 0 Å². The van der Waals surface area contributed by atoms with E-state index in [1.165, 1.54) is 0 Å². The molecule has 0 saturated carbocycles. The normalized spacial score (nSPS) is 12.7. The maximum Gasteiger partial charge on any atom is 0.327 e. The molecule has 3 aromatic rings. The minimum absolute atomic E-state index is 0.00699. The lowest BCUT2D eigenvalue weighted by molar-refractivity contribution is 0.792. The molecule has 0 aliphatic carbocycles. The zero-order chi connectivity index (χ0) is 12.5. The number of H-pyrrole nitrogens is 1. The Morgan fingerprint density at radius 1 is 1.00 bits per heavy atom. The number of aromatic nitrogens is 2. The molecule has 1 atom stereocenters. The molecule has 0 spiro atoms. The minimum Gasteiger partial charge on any atom is -0.306 e. The molecule has 0 aliphatic heterocycles. The summed E-state index contributed by atoms with van der Waals surface area (Å²) in [6.45, 7) is 0. The van der Waals surface area contributed by atoms with Crippen LogP contribution in [0.3, 0.4) is 0 Å². The number of imidazole rings is 1. The standard InChI is InChI=1S/C14H11IN2O/c15-13(10-6-2-1-3-7-10)17-12-9-5-4-8-11(12)16-14(17)18/h1-9,13H,(H,16,18). The first-order chi connectivity index (χ1) is 8.77. The molecule has 1 heterocycles. The van der Waals surface area contributed by atoms with Gasteiger partial charge in [0, 0.05) is 0 Å². The predicted molar refractivity (Wildman–Crippen MR) is 81.2 cm³/mol. The van der Waals surface area contributed by atoms with E-state index in [9.17, 15) is 4.79 Å². The molecule has 0 radical (unpaired) electrons. The van der Waals surface area contributed by atoms with E-state index < -0.39 is 0 Å². The Morgan fingerprint density at radius 2 is 1.67 bits per heavy atom. The van der Waals surface area contributed by atoms with Crippen LogP contribution in [0.4, 0.5) is 0 Å². The molecule has 18 heavy (non-hydrogen) atoms. The van der Waals surface area contributed by atoms with Crippen molar-refractivity contribution < 1.29 is 0 Å². The van der Waals surface area contributed by atoms with E-state index in [2.05, 4.69) is 27.6 Å². The number of para-hydroxylation sites is 2. The van der Waals surface area contributed by atoms with Gasteiger partial charge in [0.1, 0.15) is 4.05 Å². The van der Waals surface area contributed by atoms with Crippen LogP contribution in [0.2, 0.25) is 0 Å². The van der Waals surface area contributed by atoms with Gasteiger partial charge in [0.25, 0.3) is 0 Å². The van der Waals surface area contributed by atoms with Crippen LogP contribution in [0.5, 0.6) is 0 Å². The second-order valence-corrected chi connectivity index (χ2v) is 5.24. The molecule has 1 N–H and O–H groups in total. The molecule has 2 aromatic carbocycles. The molecular formula is C14H11IN2O. The van der Waals surface area contributed by atoms with Crippen molar-refractivity contribution in [2.45, 2.75) is 4.05 Å². The van der Waals surface area contributed by atoms with Crippen molar-refractivity contribution in [2.75, 3.05) is 0 Å². The smallest absolute Gasteiger partial charge is 0.306 e. The summed E-state index contributed by atoms with van der Waals surface area (Å²) < 4.78 is 1.78. The lowest BCUT2D eigenvalue weighted by Gasteiger charge is -2.12. The van der Waals surface area contributed by atoms with Crippen LogP contribution in [0.1, 0.15) is 9.61 Å². The number of alkyl halides is 1. The van der Waals surface area contributed by atoms with Gasteiger partial charge in [0.2, 0.25) is 0 Å². The average molecular weight is 350 g/mol. The summed E-state index contributed by atoms with van der Waals surface area (Å²) in [5.41, 5.74) is 2.86. The largest absolute Gasteiger partial charge is 0.327 e. The number of rotatable bonds is 2. The van der Waals surface area contributed by atoms with Crippen molar-refractivity contribution in [1.29, 1.82) is 0 Å². The molecule has 3 rings (SSSR count). The molecule has 4 heteroatoms. The van der Waals surface area contributed by atoms with E-state index in [1.54, 1.807) is 4.57 Å². The lowest BCUT2D eigenvalue weighted by Crippen LogP contribution is -2.19. The first-order valence-corrected chi connectivity index (χ1v) is 6.90. The van der Waals surface area contributed by atoms with Crippen molar-refractivity contribution >= 4 is 33.6 Å². The second-order valence-electron chi connectivity index (χ2n) is 4.06. The van der Waals surface area contributed by atoms with E-state index >= 15 is 0 Å². The highest BCUT2D eigenvalue weighted by atomic mass is 127. The first-order valence-electron chi connectivity index (χ1n) is 5.65.